The van der Waals surface area contributed by atoms with Gasteiger partial charge in [-0.25, -0.2) is 0 Å². The molecule has 0 spiro atoms. The smallest absolute Gasteiger partial charge is 0.275 e. The lowest BCUT2D eigenvalue weighted by Crippen LogP contribution is -2.56. The Morgan fingerprint density at radius 3 is 2.39 bits per heavy atom. The van der Waals surface area contributed by atoms with E-state index < -0.39 is 0 Å². The molecule has 33 heavy (non-hydrogen) atoms. The third-order valence-corrected chi connectivity index (χ3v) is 7.49. The van der Waals surface area contributed by atoms with Gasteiger partial charge in [-0.3, -0.25) is 9.48 Å². The van der Waals surface area contributed by atoms with Gasteiger partial charge in [0.05, 0.1) is 12.6 Å². The van der Waals surface area contributed by atoms with Crippen LogP contribution in [-0.4, -0.2) is 57.8 Å². The fraction of sp³-hybridized carbons (Fsp3) is 0.462. The first-order chi connectivity index (χ1) is 15.5. The molecule has 2 aliphatic rings. The number of carbonyl (C=O) groups excluding carboxylic acids is 1. The van der Waals surface area contributed by atoms with Crippen LogP contribution in [0.3, 0.4) is 0 Å². The van der Waals surface area contributed by atoms with E-state index in [1.165, 1.54) is 19.3 Å². The number of amides is 1. The van der Waals surface area contributed by atoms with Gasteiger partial charge in [0.1, 0.15) is 5.75 Å². The number of ether oxygens (including phenoxy) is 1. The molecule has 176 valence electrons. The van der Waals surface area contributed by atoms with Crippen molar-refractivity contribution in [3.63, 3.8) is 0 Å². The maximum absolute atomic E-state index is 14.0. The van der Waals surface area contributed by atoms with E-state index in [9.17, 15) is 4.79 Å². The van der Waals surface area contributed by atoms with Crippen molar-refractivity contribution >= 4 is 29.2 Å². The number of halogens is 1. The molecular weight excluding hydrogens is 436 g/mol. The number of piperidine rings is 2. The van der Waals surface area contributed by atoms with Crippen LogP contribution >= 0.6 is 12.4 Å². The van der Waals surface area contributed by atoms with Gasteiger partial charge in [0, 0.05) is 37.1 Å². The number of para-hydroxylation sites is 1. The molecule has 3 heterocycles. The Balaban J connectivity index is 0.00000259. The molecule has 0 saturated carbocycles. The first-order valence-corrected chi connectivity index (χ1v) is 11.6. The molecule has 2 aliphatic heterocycles. The van der Waals surface area contributed by atoms with Gasteiger partial charge in [-0.15, -0.1) is 12.4 Å². The molecule has 7 heteroatoms. The van der Waals surface area contributed by atoms with Gasteiger partial charge < -0.3 is 14.5 Å². The number of hydrogen-bond donors (Lipinski definition) is 0. The number of benzene rings is 2. The molecule has 2 unspecified atom stereocenters. The van der Waals surface area contributed by atoms with Crippen molar-refractivity contribution in [1.82, 2.24) is 19.6 Å². The number of nitrogens with zero attached hydrogens (tertiary/aromatic N) is 4. The second kappa shape index (κ2) is 9.74. The Kier molecular flexibility index (Phi) is 6.96. The van der Waals surface area contributed by atoms with Crippen LogP contribution in [0.5, 0.6) is 5.75 Å². The summed E-state index contributed by atoms with van der Waals surface area (Å²) < 4.78 is 7.14. The fourth-order valence-electron chi connectivity index (χ4n) is 5.64. The Hall–Kier alpha value is -2.57. The van der Waals surface area contributed by atoms with E-state index in [1.807, 2.05) is 48.1 Å². The van der Waals surface area contributed by atoms with Crippen LogP contribution < -0.4 is 4.74 Å². The van der Waals surface area contributed by atoms with E-state index in [0.717, 1.165) is 35.1 Å². The minimum absolute atomic E-state index is 0. The van der Waals surface area contributed by atoms with Crippen molar-refractivity contribution in [3.8, 4) is 5.75 Å². The standard InChI is InChI=1S/C26H32N4O2.ClH/c1-28-19-7-6-8-20(28)16-21(15-19)30(17-18-11-13-22(32-3)14-12-18)26(31)25-23-9-4-5-10-24(23)29(2)27-25;/h4-5,9-14,19-21H,6-8,15-17H2,1-3H3;1H. The highest BCUT2D eigenvalue weighted by molar-refractivity contribution is 6.05. The Bertz CT molecular complexity index is 1100. The maximum atomic E-state index is 14.0. The van der Waals surface area contributed by atoms with E-state index in [-0.39, 0.29) is 24.4 Å². The molecule has 2 bridgehead atoms. The van der Waals surface area contributed by atoms with Gasteiger partial charge in [-0.1, -0.05) is 36.8 Å². The molecule has 2 atom stereocenters. The highest BCUT2D eigenvalue weighted by atomic mass is 35.5. The molecule has 2 aromatic carbocycles. The van der Waals surface area contributed by atoms with Crippen molar-refractivity contribution in [2.45, 2.75) is 56.8 Å². The van der Waals surface area contributed by atoms with E-state index in [0.29, 0.717) is 24.3 Å². The summed E-state index contributed by atoms with van der Waals surface area (Å²) in [7, 11) is 5.84. The first-order valence-electron chi connectivity index (χ1n) is 11.6. The molecule has 0 aliphatic carbocycles. The zero-order valence-corrected chi connectivity index (χ0v) is 20.4. The second-order valence-electron chi connectivity index (χ2n) is 9.30. The number of rotatable bonds is 5. The van der Waals surface area contributed by atoms with Crippen LogP contribution in [0.15, 0.2) is 48.5 Å². The molecule has 0 N–H and O–H groups in total. The normalized spacial score (nSPS) is 22.6. The number of carbonyl (C=O) groups is 1. The van der Waals surface area contributed by atoms with Crippen molar-refractivity contribution in [1.29, 1.82) is 0 Å². The van der Waals surface area contributed by atoms with E-state index in [4.69, 9.17) is 4.74 Å². The van der Waals surface area contributed by atoms with Gasteiger partial charge in [-0.05, 0) is 56.5 Å². The summed E-state index contributed by atoms with van der Waals surface area (Å²) in [6, 6.07) is 17.4. The average molecular weight is 469 g/mol. The van der Waals surface area contributed by atoms with Gasteiger partial charge in [0.25, 0.3) is 5.91 Å². The SMILES string of the molecule is COc1ccc(CN(C(=O)c2nn(C)c3ccccc23)C2CC3CCCC(C2)N3C)cc1.Cl. The van der Waals surface area contributed by atoms with Crippen LogP contribution in [0.2, 0.25) is 0 Å². The molecule has 5 rings (SSSR count). The number of methoxy groups -OCH3 is 1. The van der Waals surface area contributed by atoms with Crippen molar-refractivity contribution in [2.75, 3.05) is 14.2 Å². The molecule has 2 saturated heterocycles. The number of aryl methyl sites for hydroxylation is 1. The van der Waals surface area contributed by atoms with Gasteiger partial charge in [0.15, 0.2) is 5.69 Å². The Morgan fingerprint density at radius 1 is 1.06 bits per heavy atom. The second-order valence-corrected chi connectivity index (χ2v) is 9.30. The van der Waals surface area contributed by atoms with Crippen LogP contribution in [0.1, 0.15) is 48.2 Å². The third-order valence-electron chi connectivity index (χ3n) is 7.49. The highest BCUT2D eigenvalue weighted by Gasteiger charge is 2.40. The minimum Gasteiger partial charge on any atom is -0.497 e. The van der Waals surface area contributed by atoms with Crippen molar-refractivity contribution < 1.29 is 9.53 Å². The lowest BCUT2D eigenvalue weighted by molar-refractivity contribution is 0.00773. The lowest BCUT2D eigenvalue weighted by atomic mass is 9.81. The maximum Gasteiger partial charge on any atom is 0.275 e. The number of aromatic nitrogens is 2. The van der Waals surface area contributed by atoms with Crippen molar-refractivity contribution in [3.05, 3.63) is 59.8 Å². The summed E-state index contributed by atoms with van der Waals surface area (Å²) in [4.78, 5) is 18.7. The lowest BCUT2D eigenvalue weighted by Gasteiger charge is -2.49. The summed E-state index contributed by atoms with van der Waals surface area (Å²) in [5, 5.41) is 5.58. The van der Waals surface area contributed by atoms with Crippen LogP contribution in [0.25, 0.3) is 10.9 Å². The Morgan fingerprint density at radius 2 is 1.73 bits per heavy atom. The minimum atomic E-state index is 0. The topological polar surface area (TPSA) is 50.6 Å². The summed E-state index contributed by atoms with van der Waals surface area (Å²) >= 11 is 0. The largest absolute Gasteiger partial charge is 0.497 e. The molecule has 6 nitrogen and oxygen atoms in total. The highest BCUT2D eigenvalue weighted by Crippen LogP contribution is 2.36. The molecular formula is C26H33ClN4O2. The zero-order chi connectivity index (χ0) is 22.2. The van der Waals surface area contributed by atoms with E-state index in [2.05, 4.69) is 34.1 Å². The van der Waals surface area contributed by atoms with Crippen LogP contribution in [-0.2, 0) is 13.6 Å². The summed E-state index contributed by atoms with van der Waals surface area (Å²) in [5.41, 5.74) is 2.66. The predicted octanol–water partition coefficient (Wildman–Crippen LogP) is 4.66. The Labute approximate surface area is 201 Å². The zero-order valence-electron chi connectivity index (χ0n) is 19.6. The first kappa shape index (κ1) is 23.6. The van der Waals surface area contributed by atoms with Crippen LogP contribution in [0.4, 0.5) is 0 Å². The van der Waals surface area contributed by atoms with E-state index >= 15 is 0 Å². The summed E-state index contributed by atoms with van der Waals surface area (Å²) in [6.45, 7) is 0.585. The summed E-state index contributed by atoms with van der Waals surface area (Å²) in [6.07, 6.45) is 5.80. The predicted molar refractivity (Wildman–Crippen MR) is 133 cm³/mol. The molecule has 2 fully saturated rings. The number of fused-ring (bicyclic) bond motifs is 3. The van der Waals surface area contributed by atoms with Gasteiger partial charge in [0.2, 0.25) is 0 Å². The van der Waals surface area contributed by atoms with Gasteiger partial charge >= 0.3 is 0 Å². The van der Waals surface area contributed by atoms with Gasteiger partial charge in [-0.2, -0.15) is 5.10 Å². The third kappa shape index (κ3) is 4.46. The fourth-order valence-corrected chi connectivity index (χ4v) is 5.64. The average Bonchev–Trinajstić information content (AvgIpc) is 3.14. The van der Waals surface area contributed by atoms with Crippen LogP contribution in [0, 0.1) is 0 Å². The van der Waals surface area contributed by atoms with E-state index in [1.54, 1.807) is 7.11 Å². The number of hydrogen-bond acceptors (Lipinski definition) is 4. The quantitative estimate of drug-likeness (QED) is 0.546. The molecule has 1 amide bonds. The molecule has 3 aromatic rings. The monoisotopic (exact) mass is 468 g/mol. The van der Waals surface area contributed by atoms with Crippen molar-refractivity contribution in [2.24, 2.45) is 7.05 Å². The summed E-state index contributed by atoms with van der Waals surface area (Å²) in [5.74, 6) is 0.862. The molecule has 1 aromatic heterocycles. The molecule has 0 radical (unpaired) electrons.